The minimum absolute atomic E-state index is 0.0800. The number of piperidine rings is 1. The zero-order valence-electron chi connectivity index (χ0n) is 14.1. The highest BCUT2D eigenvalue weighted by atomic mass is 16.1. The van der Waals surface area contributed by atoms with Crippen LogP contribution >= 0.6 is 0 Å². The standard InChI is InChI=1S/C19H24N4O/c1-2-10-23-11-8-17(9-12-23)22-19(24)16-13-20-18(21-14-16)15-6-4-3-5-7-15/h3-7,13-14,17H,2,8-12H2,1H3,(H,22,24). The van der Waals surface area contributed by atoms with Gasteiger partial charge in [-0.25, -0.2) is 9.97 Å². The molecule has 1 aromatic carbocycles. The Morgan fingerprint density at radius 3 is 2.46 bits per heavy atom. The molecule has 0 atom stereocenters. The molecule has 1 aromatic heterocycles. The molecule has 1 fully saturated rings. The third-order valence-corrected chi connectivity index (χ3v) is 4.41. The Bertz CT molecular complexity index is 649. The molecule has 0 spiro atoms. The van der Waals surface area contributed by atoms with Gasteiger partial charge in [0, 0.05) is 37.1 Å². The summed E-state index contributed by atoms with van der Waals surface area (Å²) in [4.78, 5) is 23.5. The summed E-state index contributed by atoms with van der Waals surface area (Å²) in [6, 6.07) is 10.0. The smallest absolute Gasteiger partial charge is 0.254 e. The molecular formula is C19H24N4O. The van der Waals surface area contributed by atoms with Crippen molar-refractivity contribution in [2.24, 2.45) is 0 Å². The van der Waals surface area contributed by atoms with Crippen LogP contribution in [0.2, 0.25) is 0 Å². The monoisotopic (exact) mass is 324 g/mol. The van der Waals surface area contributed by atoms with E-state index < -0.39 is 0 Å². The Morgan fingerprint density at radius 1 is 1.17 bits per heavy atom. The number of nitrogens with one attached hydrogen (secondary N) is 1. The van der Waals surface area contributed by atoms with E-state index in [1.807, 2.05) is 30.3 Å². The fourth-order valence-corrected chi connectivity index (χ4v) is 3.07. The molecular weight excluding hydrogens is 300 g/mol. The van der Waals surface area contributed by atoms with Crippen molar-refractivity contribution < 1.29 is 4.79 Å². The maximum atomic E-state index is 12.4. The SMILES string of the molecule is CCCN1CCC(NC(=O)c2cnc(-c3ccccc3)nc2)CC1. The number of nitrogens with zero attached hydrogens (tertiary/aromatic N) is 3. The van der Waals surface area contributed by atoms with Crippen LogP contribution in [-0.2, 0) is 0 Å². The van der Waals surface area contributed by atoms with Gasteiger partial charge in [0.2, 0.25) is 0 Å². The van der Waals surface area contributed by atoms with E-state index in [9.17, 15) is 4.79 Å². The van der Waals surface area contributed by atoms with Crippen LogP contribution in [0.1, 0.15) is 36.5 Å². The fraction of sp³-hybridized carbons (Fsp3) is 0.421. The van der Waals surface area contributed by atoms with Crippen molar-refractivity contribution in [1.82, 2.24) is 20.2 Å². The molecule has 0 radical (unpaired) electrons. The quantitative estimate of drug-likeness (QED) is 0.919. The summed E-state index contributed by atoms with van der Waals surface area (Å²) in [5, 5.41) is 3.11. The third kappa shape index (κ3) is 4.17. The Labute approximate surface area is 143 Å². The van der Waals surface area contributed by atoms with Gasteiger partial charge in [0.15, 0.2) is 5.82 Å². The predicted molar refractivity (Wildman–Crippen MR) is 94.7 cm³/mol. The Kier molecular flexibility index (Phi) is 5.54. The second-order valence-corrected chi connectivity index (χ2v) is 6.25. The highest BCUT2D eigenvalue weighted by Gasteiger charge is 2.20. The van der Waals surface area contributed by atoms with Gasteiger partial charge in [0.1, 0.15) is 0 Å². The number of likely N-dealkylation sites (tertiary alicyclic amines) is 1. The Hall–Kier alpha value is -2.27. The Balaban J connectivity index is 1.56. The van der Waals surface area contributed by atoms with Crippen molar-refractivity contribution in [3.63, 3.8) is 0 Å². The van der Waals surface area contributed by atoms with Gasteiger partial charge >= 0.3 is 0 Å². The van der Waals surface area contributed by atoms with Gasteiger partial charge in [-0.3, -0.25) is 4.79 Å². The first-order valence-corrected chi connectivity index (χ1v) is 8.67. The molecule has 1 amide bonds. The molecule has 24 heavy (non-hydrogen) atoms. The number of benzene rings is 1. The van der Waals surface area contributed by atoms with Gasteiger partial charge < -0.3 is 10.2 Å². The summed E-state index contributed by atoms with van der Waals surface area (Å²) >= 11 is 0. The van der Waals surface area contributed by atoms with Crippen LogP contribution in [0.25, 0.3) is 11.4 Å². The topological polar surface area (TPSA) is 58.1 Å². The van der Waals surface area contributed by atoms with Crippen LogP contribution in [-0.4, -0.2) is 46.5 Å². The van der Waals surface area contributed by atoms with E-state index in [0.29, 0.717) is 11.4 Å². The van der Waals surface area contributed by atoms with Crippen molar-refractivity contribution in [3.05, 3.63) is 48.3 Å². The number of carbonyl (C=O) groups is 1. The molecule has 1 aliphatic heterocycles. The van der Waals surface area contributed by atoms with E-state index in [4.69, 9.17) is 0 Å². The van der Waals surface area contributed by atoms with Crippen molar-refractivity contribution in [3.8, 4) is 11.4 Å². The van der Waals surface area contributed by atoms with E-state index in [0.717, 1.165) is 38.0 Å². The summed E-state index contributed by atoms with van der Waals surface area (Å²) < 4.78 is 0. The average molecular weight is 324 g/mol. The normalized spacial score (nSPS) is 16.0. The zero-order valence-corrected chi connectivity index (χ0v) is 14.1. The zero-order chi connectivity index (χ0) is 16.8. The highest BCUT2D eigenvalue weighted by molar-refractivity contribution is 5.93. The molecule has 0 bridgehead atoms. The fourth-order valence-electron chi connectivity index (χ4n) is 3.07. The van der Waals surface area contributed by atoms with Crippen LogP contribution in [0.5, 0.6) is 0 Å². The molecule has 126 valence electrons. The first-order valence-electron chi connectivity index (χ1n) is 8.67. The lowest BCUT2D eigenvalue weighted by Crippen LogP contribution is -2.44. The van der Waals surface area contributed by atoms with Gasteiger partial charge in [0.05, 0.1) is 5.56 Å². The molecule has 2 aromatic rings. The van der Waals surface area contributed by atoms with Gasteiger partial charge in [0.25, 0.3) is 5.91 Å². The lowest BCUT2D eigenvalue weighted by molar-refractivity contribution is 0.0910. The summed E-state index contributed by atoms with van der Waals surface area (Å²) in [6.07, 6.45) is 6.42. The summed E-state index contributed by atoms with van der Waals surface area (Å²) in [7, 11) is 0. The lowest BCUT2D eigenvalue weighted by atomic mass is 10.0. The highest BCUT2D eigenvalue weighted by Crippen LogP contribution is 2.14. The predicted octanol–water partition coefficient (Wildman–Crippen LogP) is 2.75. The first-order chi connectivity index (χ1) is 11.8. The molecule has 0 saturated carbocycles. The van der Waals surface area contributed by atoms with Gasteiger partial charge in [-0.2, -0.15) is 0 Å². The number of aromatic nitrogens is 2. The molecule has 1 N–H and O–H groups in total. The van der Waals surface area contributed by atoms with E-state index in [-0.39, 0.29) is 11.9 Å². The number of amides is 1. The second kappa shape index (κ2) is 8.02. The third-order valence-electron chi connectivity index (χ3n) is 4.41. The van der Waals surface area contributed by atoms with Crippen molar-refractivity contribution in [1.29, 1.82) is 0 Å². The molecule has 1 saturated heterocycles. The van der Waals surface area contributed by atoms with E-state index in [2.05, 4.69) is 27.1 Å². The van der Waals surface area contributed by atoms with Crippen molar-refractivity contribution in [2.75, 3.05) is 19.6 Å². The summed E-state index contributed by atoms with van der Waals surface area (Å²) in [5.74, 6) is 0.559. The van der Waals surface area contributed by atoms with Crippen molar-refractivity contribution >= 4 is 5.91 Å². The van der Waals surface area contributed by atoms with E-state index in [1.54, 1.807) is 12.4 Å². The maximum Gasteiger partial charge on any atom is 0.254 e. The van der Waals surface area contributed by atoms with Gasteiger partial charge in [-0.1, -0.05) is 37.3 Å². The largest absolute Gasteiger partial charge is 0.349 e. The van der Waals surface area contributed by atoms with E-state index in [1.165, 1.54) is 6.42 Å². The number of hydrogen-bond donors (Lipinski definition) is 1. The van der Waals surface area contributed by atoms with Gasteiger partial charge in [-0.15, -0.1) is 0 Å². The maximum absolute atomic E-state index is 12.4. The molecule has 0 aliphatic carbocycles. The van der Waals surface area contributed by atoms with Crippen LogP contribution < -0.4 is 5.32 Å². The first kappa shape index (κ1) is 16.6. The number of hydrogen-bond acceptors (Lipinski definition) is 4. The lowest BCUT2D eigenvalue weighted by Gasteiger charge is -2.32. The van der Waals surface area contributed by atoms with Crippen LogP contribution in [0.15, 0.2) is 42.7 Å². The molecule has 3 rings (SSSR count). The van der Waals surface area contributed by atoms with Crippen LogP contribution in [0.3, 0.4) is 0 Å². The minimum Gasteiger partial charge on any atom is -0.349 e. The van der Waals surface area contributed by atoms with Crippen LogP contribution in [0, 0.1) is 0 Å². The average Bonchev–Trinajstić information content (AvgIpc) is 2.64. The van der Waals surface area contributed by atoms with Crippen LogP contribution in [0.4, 0.5) is 0 Å². The molecule has 0 unspecified atom stereocenters. The van der Waals surface area contributed by atoms with E-state index >= 15 is 0 Å². The summed E-state index contributed by atoms with van der Waals surface area (Å²) in [5.41, 5.74) is 1.47. The molecule has 2 heterocycles. The summed E-state index contributed by atoms with van der Waals surface area (Å²) in [6.45, 7) is 5.47. The van der Waals surface area contributed by atoms with Gasteiger partial charge in [-0.05, 0) is 25.8 Å². The minimum atomic E-state index is -0.0800. The number of rotatable bonds is 5. The molecule has 1 aliphatic rings. The Morgan fingerprint density at radius 2 is 1.83 bits per heavy atom. The second-order valence-electron chi connectivity index (χ2n) is 6.25. The number of carbonyl (C=O) groups excluding carboxylic acids is 1. The molecule has 5 nitrogen and oxygen atoms in total. The van der Waals surface area contributed by atoms with Crippen molar-refractivity contribution in [2.45, 2.75) is 32.2 Å². The molecule has 5 heteroatoms.